The molecular weight excluding hydrogens is 588 g/mol. The predicted octanol–water partition coefficient (Wildman–Crippen LogP) is 6.80. The summed E-state index contributed by atoms with van der Waals surface area (Å²) in [7, 11) is 0. The van der Waals surface area contributed by atoms with Crippen LogP contribution in [0.15, 0.2) is 54.7 Å². The lowest BCUT2D eigenvalue weighted by Crippen LogP contribution is -2.57. The molecule has 0 bridgehead atoms. The number of anilines is 1. The molecule has 1 aromatic heterocycles. The summed E-state index contributed by atoms with van der Waals surface area (Å²) in [4.78, 5) is 24.8. The fourth-order valence-electron chi connectivity index (χ4n) is 5.62. The molecule has 2 aliphatic heterocycles. The lowest BCUT2D eigenvalue weighted by molar-refractivity contribution is 0.0904. The first kappa shape index (κ1) is 29.4. The normalized spacial score (nSPS) is 19.1. The number of hydrogen-bond acceptors (Lipinski definition) is 5. The smallest absolute Gasteiger partial charge is 0.253 e. The molecule has 3 heterocycles. The number of benzene rings is 2. The van der Waals surface area contributed by atoms with Gasteiger partial charge in [0.15, 0.2) is 0 Å². The topological polar surface area (TPSA) is 51.7 Å². The molecule has 0 saturated carbocycles. The molecule has 5 rings (SSSR count). The molecule has 0 radical (unpaired) electrons. The Hall–Kier alpha value is -2.06. The van der Waals surface area contributed by atoms with Gasteiger partial charge in [0.05, 0.1) is 20.6 Å². The van der Waals surface area contributed by atoms with Crippen LogP contribution in [-0.2, 0) is 13.1 Å². The summed E-state index contributed by atoms with van der Waals surface area (Å²) >= 11 is 24.7. The van der Waals surface area contributed by atoms with Crippen LogP contribution in [0.1, 0.15) is 41.3 Å². The molecule has 40 heavy (non-hydrogen) atoms. The average Bonchev–Trinajstić information content (AvgIpc) is 2.95. The number of aromatic nitrogens is 1. The van der Waals surface area contributed by atoms with Crippen LogP contribution in [0.4, 0.5) is 5.82 Å². The van der Waals surface area contributed by atoms with Crippen molar-refractivity contribution in [2.45, 2.75) is 44.9 Å². The number of pyridine rings is 1. The molecule has 0 spiro atoms. The van der Waals surface area contributed by atoms with Crippen molar-refractivity contribution in [3.05, 3.63) is 91.5 Å². The Morgan fingerprint density at radius 2 is 1.62 bits per heavy atom. The van der Waals surface area contributed by atoms with Gasteiger partial charge in [-0.1, -0.05) is 64.6 Å². The number of likely N-dealkylation sites (tertiary alicyclic amines) is 1. The third-order valence-corrected chi connectivity index (χ3v) is 9.11. The zero-order valence-corrected chi connectivity index (χ0v) is 25.4. The largest absolute Gasteiger partial charge is 0.350 e. The van der Waals surface area contributed by atoms with Crippen molar-refractivity contribution in [1.29, 1.82) is 0 Å². The number of nitrogens with one attached hydrogen (secondary N) is 1. The van der Waals surface area contributed by atoms with Crippen molar-refractivity contribution in [2.24, 2.45) is 0 Å². The van der Waals surface area contributed by atoms with E-state index >= 15 is 0 Å². The molecular formula is C30H33Cl4N5O. The highest BCUT2D eigenvalue weighted by molar-refractivity contribution is 6.42. The number of hydrogen-bond donors (Lipinski definition) is 1. The summed E-state index contributed by atoms with van der Waals surface area (Å²) in [6, 6.07) is 16.0. The lowest BCUT2D eigenvalue weighted by atomic mass is 10.00. The summed E-state index contributed by atoms with van der Waals surface area (Å²) in [6.07, 6.45) is 3.94. The van der Waals surface area contributed by atoms with Gasteiger partial charge in [-0.2, -0.15) is 0 Å². The first-order valence-corrected chi connectivity index (χ1v) is 15.1. The zero-order chi connectivity index (χ0) is 28.2. The van der Waals surface area contributed by atoms with E-state index in [-0.39, 0.29) is 11.9 Å². The maximum atomic E-state index is 12.7. The van der Waals surface area contributed by atoms with E-state index in [1.54, 1.807) is 24.4 Å². The van der Waals surface area contributed by atoms with E-state index in [2.05, 4.69) is 44.1 Å². The Morgan fingerprint density at radius 3 is 2.30 bits per heavy atom. The fraction of sp³-hybridized carbons (Fsp3) is 0.400. The maximum absolute atomic E-state index is 12.7. The summed E-state index contributed by atoms with van der Waals surface area (Å²) in [6.45, 7) is 8.50. The Labute approximate surface area is 256 Å². The second-order valence-electron chi connectivity index (χ2n) is 10.6. The minimum Gasteiger partial charge on any atom is -0.350 e. The summed E-state index contributed by atoms with van der Waals surface area (Å²) in [5, 5.41) is 5.09. The molecule has 2 aromatic carbocycles. The summed E-state index contributed by atoms with van der Waals surface area (Å²) < 4.78 is 0. The first-order chi connectivity index (χ1) is 19.3. The molecule has 3 aromatic rings. The van der Waals surface area contributed by atoms with Crippen LogP contribution >= 0.6 is 46.4 Å². The maximum Gasteiger partial charge on any atom is 0.253 e. The fourth-order valence-corrected chi connectivity index (χ4v) is 6.34. The second-order valence-corrected chi connectivity index (χ2v) is 12.3. The molecule has 0 aliphatic carbocycles. The van der Waals surface area contributed by atoms with Gasteiger partial charge >= 0.3 is 0 Å². The summed E-state index contributed by atoms with van der Waals surface area (Å²) in [5.74, 6) is 0.486. The SMILES string of the molecule is C[C@H]1CN(C2CCN(Cc3ccc(Cl)cc3)CC2)CCN1c1ncc(C(=O)NCc2ccc(Cl)c(Cl)c2)cc1Cl. The van der Waals surface area contributed by atoms with Crippen molar-refractivity contribution in [3.63, 3.8) is 0 Å². The van der Waals surface area contributed by atoms with E-state index in [0.29, 0.717) is 33.2 Å². The minimum absolute atomic E-state index is 0.243. The van der Waals surface area contributed by atoms with Gasteiger partial charge in [0.1, 0.15) is 5.82 Å². The van der Waals surface area contributed by atoms with Gasteiger partial charge in [0.25, 0.3) is 5.91 Å². The quantitative estimate of drug-likeness (QED) is 0.315. The molecule has 6 nitrogen and oxygen atoms in total. The first-order valence-electron chi connectivity index (χ1n) is 13.6. The molecule has 1 amide bonds. The predicted molar refractivity (Wildman–Crippen MR) is 165 cm³/mol. The highest BCUT2D eigenvalue weighted by Gasteiger charge is 2.32. The number of rotatable bonds is 7. The number of carbonyl (C=O) groups excluding carboxylic acids is 1. The second kappa shape index (κ2) is 13.3. The Bertz CT molecular complexity index is 1330. The summed E-state index contributed by atoms with van der Waals surface area (Å²) in [5.41, 5.74) is 2.59. The molecule has 1 atom stereocenters. The van der Waals surface area contributed by atoms with Crippen LogP contribution in [-0.4, -0.2) is 65.5 Å². The van der Waals surface area contributed by atoms with Gasteiger partial charge in [-0.05, 0) is 74.3 Å². The van der Waals surface area contributed by atoms with Gasteiger partial charge < -0.3 is 10.2 Å². The molecule has 1 N–H and O–H groups in total. The van der Waals surface area contributed by atoms with E-state index in [9.17, 15) is 4.79 Å². The minimum atomic E-state index is -0.243. The van der Waals surface area contributed by atoms with Crippen LogP contribution in [0.5, 0.6) is 0 Å². The van der Waals surface area contributed by atoms with Gasteiger partial charge in [0, 0.05) is 56.0 Å². The average molecular weight is 621 g/mol. The van der Waals surface area contributed by atoms with Crippen molar-refractivity contribution < 1.29 is 4.79 Å². The number of piperidine rings is 1. The number of piperazine rings is 1. The van der Waals surface area contributed by atoms with E-state index < -0.39 is 0 Å². The number of nitrogens with zero attached hydrogens (tertiary/aromatic N) is 4. The van der Waals surface area contributed by atoms with Gasteiger partial charge in [-0.15, -0.1) is 0 Å². The van der Waals surface area contributed by atoms with Crippen LogP contribution < -0.4 is 10.2 Å². The third-order valence-electron chi connectivity index (χ3n) is 7.84. The van der Waals surface area contributed by atoms with Crippen LogP contribution in [0.3, 0.4) is 0 Å². The molecule has 212 valence electrons. The van der Waals surface area contributed by atoms with Crippen molar-refractivity contribution >= 4 is 58.1 Å². The Morgan fingerprint density at radius 1 is 0.900 bits per heavy atom. The standard InChI is InChI=1S/C30H33Cl4N5O/c1-20-18-38(25-8-10-37(11-9-25)19-21-2-5-24(31)6-3-21)12-13-39(20)29-28(34)15-23(17-35-29)30(40)36-16-22-4-7-26(32)27(33)14-22/h2-7,14-15,17,20,25H,8-13,16,18-19H2,1H3,(H,36,40)/t20-/m0/s1. The molecule has 2 saturated heterocycles. The lowest BCUT2D eigenvalue weighted by Gasteiger charge is -2.46. The van der Waals surface area contributed by atoms with E-state index in [0.717, 1.165) is 55.7 Å². The molecule has 2 aliphatic rings. The molecule has 2 fully saturated rings. The number of carbonyl (C=O) groups is 1. The van der Waals surface area contributed by atoms with Crippen LogP contribution in [0, 0.1) is 0 Å². The van der Waals surface area contributed by atoms with Gasteiger partial charge in [0.2, 0.25) is 0 Å². The van der Waals surface area contributed by atoms with Crippen molar-refractivity contribution in [1.82, 2.24) is 20.1 Å². The number of halogens is 4. The van der Waals surface area contributed by atoms with Gasteiger partial charge in [-0.25, -0.2) is 4.98 Å². The Kier molecular flexibility index (Phi) is 9.77. The van der Waals surface area contributed by atoms with Crippen LogP contribution in [0.2, 0.25) is 20.1 Å². The van der Waals surface area contributed by atoms with Gasteiger partial charge in [-0.3, -0.25) is 14.6 Å². The monoisotopic (exact) mass is 619 g/mol. The van der Waals surface area contributed by atoms with E-state index in [4.69, 9.17) is 46.4 Å². The zero-order valence-electron chi connectivity index (χ0n) is 22.4. The molecule has 0 unspecified atom stereocenters. The highest BCUT2D eigenvalue weighted by atomic mass is 35.5. The molecule has 10 heteroatoms. The number of amides is 1. The van der Waals surface area contributed by atoms with E-state index in [1.165, 1.54) is 18.4 Å². The van der Waals surface area contributed by atoms with Crippen LogP contribution in [0.25, 0.3) is 0 Å². The van der Waals surface area contributed by atoms with E-state index in [1.807, 2.05) is 18.2 Å². The third kappa shape index (κ3) is 7.22. The van der Waals surface area contributed by atoms with Crippen molar-refractivity contribution in [2.75, 3.05) is 37.6 Å². The Balaban J connectivity index is 1.12. The highest BCUT2D eigenvalue weighted by Crippen LogP contribution is 2.29. The van der Waals surface area contributed by atoms with Crippen molar-refractivity contribution in [3.8, 4) is 0 Å².